The minimum atomic E-state index is -0.444. The van der Waals surface area contributed by atoms with Crippen molar-refractivity contribution in [3.63, 3.8) is 0 Å². The van der Waals surface area contributed by atoms with E-state index in [1.807, 2.05) is 6.92 Å². The Morgan fingerprint density at radius 2 is 1.75 bits per heavy atom. The van der Waals surface area contributed by atoms with Gasteiger partial charge in [-0.1, -0.05) is 0 Å². The molecule has 0 spiro atoms. The number of nitriles is 1. The van der Waals surface area contributed by atoms with Crippen molar-refractivity contribution in [1.29, 1.82) is 5.26 Å². The minimum Gasteiger partial charge on any atom is -0.308 e. The zero-order valence-electron chi connectivity index (χ0n) is 13.8. The van der Waals surface area contributed by atoms with Crippen LogP contribution in [0.3, 0.4) is 0 Å². The molecule has 0 aromatic rings. The van der Waals surface area contributed by atoms with E-state index in [0.717, 1.165) is 45.8 Å². The number of likely N-dealkylation sites (N-methyl/N-ethyl adjacent to an activating group) is 1. The van der Waals surface area contributed by atoms with Crippen LogP contribution in [0, 0.1) is 11.3 Å². The van der Waals surface area contributed by atoms with Crippen molar-refractivity contribution in [3.05, 3.63) is 0 Å². The van der Waals surface area contributed by atoms with Gasteiger partial charge in [-0.15, -0.1) is 0 Å². The van der Waals surface area contributed by atoms with Crippen LogP contribution in [0.1, 0.15) is 20.8 Å². The van der Waals surface area contributed by atoms with E-state index in [4.69, 9.17) is 0 Å². The van der Waals surface area contributed by atoms with E-state index in [1.165, 1.54) is 0 Å². The number of rotatable bonds is 7. The van der Waals surface area contributed by atoms with Crippen LogP contribution < -0.4 is 5.32 Å². The Bertz CT molecular complexity index is 315. The summed E-state index contributed by atoms with van der Waals surface area (Å²) in [5.74, 6) is 0. The highest BCUT2D eigenvalue weighted by molar-refractivity contribution is 5.06. The zero-order valence-corrected chi connectivity index (χ0v) is 13.8. The summed E-state index contributed by atoms with van der Waals surface area (Å²) in [5.41, 5.74) is -0.444. The fraction of sp³-hybridized carbons (Fsp3) is 0.933. The maximum Gasteiger partial charge on any atom is 0.116 e. The summed E-state index contributed by atoms with van der Waals surface area (Å²) in [7, 11) is 4.23. The van der Waals surface area contributed by atoms with Gasteiger partial charge in [-0.3, -0.25) is 15.1 Å². The first-order valence-electron chi connectivity index (χ1n) is 7.63. The third-order valence-electron chi connectivity index (χ3n) is 3.72. The van der Waals surface area contributed by atoms with Gasteiger partial charge in [0.05, 0.1) is 6.07 Å². The lowest BCUT2D eigenvalue weighted by molar-refractivity contribution is 0.108. The van der Waals surface area contributed by atoms with Crippen molar-refractivity contribution in [2.75, 3.05) is 59.9 Å². The van der Waals surface area contributed by atoms with Gasteiger partial charge in [-0.25, -0.2) is 0 Å². The van der Waals surface area contributed by atoms with Crippen LogP contribution in [0.2, 0.25) is 0 Å². The first-order valence-corrected chi connectivity index (χ1v) is 7.63. The van der Waals surface area contributed by atoms with Gasteiger partial charge in [0.15, 0.2) is 0 Å². The van der Waals surface area contributed by atoms with E-state index in [0.29, 0.717) is 6.04 Å². The van der Waals surface area contributed by atoms with Crippen LogP contribution in [0.5, 0.6) is 0 Å². The molecule has 1 atom stereocenters. The summed E-state index contributed by atoms with van der Waals surface area (Å²) < 4.78 is 0. The highest BCUT2D eigenvalue weighted by atomic mass is 15.3. The molecule has 0 bridgehead atoms. The van der Waals surface area contributed by atoms with Crippen molar-refractivity contribution in [3.8, 4) is 6.07 Å². The highest BCUT2D eigenvalue weighted by Crippen LogP contribution is 2.10. The van der Waals surface area contributed by atoms with Gasteiger partial charge >= 0.3 is 0 Å². The fourth-order valence-electron chi connectivity index (χ4n) is 2.71. The Hall–Kier alpha value is -0.670. The molecule has 5 nitrogen and oxygen atoms in total. The summed E-state index contributed by atoms with van der Waals surface area (Å²) in [4.78, 5) is 7.15. The fourth-order valence-corrected chi connectivity index (χ4v) is 2.71. The molecule has 1 aliphatic heterocycles. The lowest BCUT2D eigenvalue weighted by Gasteiger charge is -2.39. The van der Waals surface area contributed by atoms with Gasteiger partial charge in [-0.05, 0) is 34.9 Å². The topological polar surface area (TPSA) is 45.5 Å². The summed E-state index contributed by atoms with van der Waals surface area (Å²) >= 11 is 0. The van der Waals surface area contributed by atoms with Crippen LogP contribution in [0.25, 0.3) is 0 Å². The number of piperazine rings is 1. The normalized spacial score (nSPS) is 21.1. The molecule has 5 heteroatoms. The third kappa shape index (κ3) is 6.19. The first kappa shape index (κ1) is 17.4. The predicted molar refractivity (Wildman–Crippen MR) is 83.7 cm³/mol. The van der Waals surface area contributed by atoms with Crippen LogP contribution in [0.4, 0.5) is 0 Å². The van der Waals surface area contributed by atoms with Gasteiger partial charge in [0.2, 0.25) is 0 Å². The lowest BCUT2D eigenvalue weighted by Crippen LogP contribution is -2.57. The van der Waals surface area contributed by atoms with Crippen LogP contribution in [0.15, 0.2) is 0 Å². The summed E-state index contributed by atoms with van der Waals surface area (Å²) in [6.07, 6.45) is 0. The molecule has 1 N–H and O–H groups in total. The first-order chi connectivity index (χ1) is 9.34. The van der Waals surface area contributed by atoms with Crippen LogP contribution >= 0.6 is 0 Å². The quantitative estimate of drug-likeness (QED) is 0.734. The molecule has 0 aliphatic carbocycles. The molecule has 0 amide bonds. The molecule has 1 heterocycles. The molecule has 1 aliphatic rings. The molecule has 1 unspecified atom stereocenters. The molecule has 116 valence electrons. The van der Waals surface area contributed by atoms with E-state index in [9.17, 15) is 5.26 Å². The molecular weight excluding hydrogens is 250 g/mol. The Balaban J connectivity index is 2.36. The molecule has 0 radical (unpaired) electrons. The number of hydrogen-bond acceptors (Lipinski definition) is 5. The molecule has 0 aromatic carbocycles. The predicted octanol–water partition coefficient (Wildman–Crippen LogP) is 0.446. The number of nitrogens with one attached hydrogen (secondary N) is 1. The Morgan fingerprint density at radius 1 is 1.20 bits per heavy atom. The smallest absolute Gasteiger partial charge is 0.116 e. The Morgan fingerprint density at radius 3 is 2.20 bits per heavy atom. The minimum absolute atomic E-state index is 0.334. The highest BCUT2D eigenvalue weighted by Gasteiger charge is 2.29. The Kier molecular flexibility index (Phi) is 6.90. The van der Waals surface area contributed by atoms with Crippen molar-refractivity contribution in [1.82, 2.24) is 20.0 Å². The second kappa shape index (κ2) is 7.94. The second-order valence-electron chi connectivity index (χ2n) is 6.66. The maximum absolute atomic E-state index is 9.41. The van der Waals surface area contributed by atoms with Crippen molar-refractivity contribution >= 4 is 0 Å². The van der Waals surface area contributed by atoms with Crippen LogP contribution in [-0.4, -0.2) is 86.2 Å². The van der Waals surface area contributed by atoms with Gasteiger partial charge in [0.25, 0.3) is 0 Å². The molecule has 0 saturated carbocycles. The van der Waals surface area contributed by atoms with E-state index in [1.54, 1.807) is 0 Å². The second-order valence-corrected chi connectivity index (χ2v) is 6.66. The van der Waals surface area contributed by atoms with Crippen molar-refractivity contribution in [2.24, 2.45) is 0 Å². The molecule has 0 aromatic heterocycles. The molecule has 1 saturated heterocycles. The van der Waals surface area contributed by atoms with E-state index >= 15 is 0 Å². The van der Waals surface area contributed by atoms with E-state index in [-0.39, 0.29) is 0 Å². The molecule has 1 fully saturated rings. The van der Waals surface area contributed by atoms with Crippen molar-refractivity contribution < 1.29 is 0 Å². The van der Waals surface area contributed by atoms with Gasteiger partial charge in [-0.2, -0.15) is 5.26 Å². The molecule has 1 rings (SSSR count). The van der Waals surface area contributed by atoms with Gasteiger partial charge < -0.3 is 4.90 Å². The molecular formula is C15H31N5. The van der Waals surface area contributed by atoms with Crippen molar-refractivity contribution in [2.45, 2.75) is 32.4 Å². The standard InChI is InChI=1S/C15H31N5/c1-14(2)17-15(3,12-16)13-20-10-8-19(9-11-20)7-6-18(4)5/h14,17H,6-11,13H2,1-5H3. The zero-order chi connectivity index (χ0) is 15.2. The van der Waals surface area contributed by atoms with Gasteiger partial charge in [0, 0.05) is 51.9 Å². The number of hydrogen-bond donors (Lipinski definition) is 1. The summed E-state index contributed by atoms with van der Waals surface area (Å²) in [5, 5.41) is 12.8. The molecule has 20 heavy (non-hydrogen) atoms. The average molecular weight is 281 g/mol. The van der Waals surface area contributed by atoms with Crippen LogP contribution in [-0.2, 0) is 0 Å². The third-order valence-corrected chi connectivity index (χ3v) is 3.72. The monoisotopic (exact) mass is 281 g/mol. The Labute approximate surface area is 124 Å². The maximum atomic E-state index is 9.41. The van der Waals surface area contributed by atoms with E-state index in [2.05, 4.69) is 54.0 Å². The summed E-state index contributed by atoms with van der Waals surface area (Å²) in [6.45, 7) is 13.6. The summed E-state index contributed by atoms with van der Waals surface area (Å²) in [6, 6.07) is 2.77. The lowest BCUT2D eigenvalue weighted by atomic mass is 10.0. The van der Waals surface area contributed by atoms with Gasteiger partial charge in [0.1, 0.15) is 5.54 Å². The number of nitrogens with zero attached hydrogens (tertiary/aromatic N) is 4. The van der Waals surface area contributed by atoms with E-state index < -0.39 is 5.54 Å². The SMILES string of the molecule is CC(C)NC(C)(C#N)CN1CCN(CCN(C)C)CC1. The largest absolute Gasteiger partial charge is 0.308 e. The average Bonchev–Trinajstić information content (AvgIpc) is 2.37.